The average molecular weight is 265 g/mol. The number of aryl methyl sites for hydroxylation is 2. The van der Waals surface area contributed by atoms with Crippen LogP contribution < -0.4 is 5.32 Å². The normalized spacial score (nSPS) is 10.3. The van der Waals surface area contributed by atoms with Crippen LogP contribution in [0, 0.1) is 13.8 Å². The van der Waals surface area contributed by atoms with Crippen LogP contribution in [0.25, 0.3) is 0 Å². The van der Waals surface area contributed by atoms with E-state index >= 15 is 0 Å². The van der Waals surface area contributed by atoms with E-state index in [1.807, 2.05) is 0 Å². The van der Waals surface area contributed by atoms with Crippen molar-refractivity contribution in [3.8, 4) is 0 Å². The first-order valence-electron chi connectivity index (χ1n) is 5.18. The van der Waals surface area contributed by atoms with Gasteiger partial charge in [-0.25, -0.2) is 4.79 Å². The van der Waals surface area contributed by atoms with Crippen LogP contribution >= 0.6 is 11.3 Å². The van der Waals surface area contributed by atoms with Crippen LogP contribution in [-0.4, -0.2) is 17.0 Å². The minimum absolute atomic E-state index is 0.231. The van der Waals surface area contributed by atoms with Gasteiger partial charge in [-0.05, 0) is 31.5 Å². The number of aromatic carboxylic acids is 1. The Morgan fingerprint density at radius 2 is 2.11 bits per heavy atom. The van der Waals surface area contributed by atoms with Crippen LogP contribution in [-0.2, 0) is 0 Å². The summed E-state index contributed by atoms with van der Waals surface area (Å²) >= 11 is 1.04. The Hall–Kier alpha value is -2.08. The summed E-state index contributed by atoms with van der Waals surface area (Å²) in [6, 6.07) is 3.21. The lowest BCUT2D eigenvalue weighted by molar-refractivity contribution is 0.0701. The van der Waals surface area contributed by atoms with Gasteiger partial charge in [-0.15, -0.1) is 11.3 Å². The lowest BCUT2D eigenvalue weighted by Gasteiger charge is -2.00. The summed E-state index contributed by atoms with van der Waals surface area (Å²) in [7, 11) is 0. The third-order valence-electron chi connectivity index (χ3n) is 2.45. The summed E-state index contributed by atoms with van der Waals surface area (Å²) < 4.78 is 5.04. The number of hydrogen-bond donors (Lipinski definition) is 2. The third-order valence-corrected chi connectivity index (χ3v) is 3.59. The third kappa shape index (κ3) is 2.28. The zero-order chi connectivity index (χ0) is 13.3. The van der Waals surface area contributed by atoms with Gasteiger partial charge in [0, 0.05) is 0 Å². The van der Waals surface area contributed by atoms with E-state index in [0.29, 0.717) is 21.9 Å². The van der Waals surface area contributed by atoms with E-state index in [1.54, 1.807) is 26.0 Å². The molecule has 0 unspecified atom stereocenters. The molecule has 0 radical (unpaired) electrons. The number of nitrogens with one attached hydrogen (secondary N) is 1. The number of anilines is 1. The minimum atomic E-state index is -0.988. The lowest BCUT2D eigenvalue weighted by Crippen LogP contribution is -2.10. The zero-order valence-corrected chi connectivity index (χ0v) is 10.6. The van der Waals surface area contributed by atoms with Gasteiger partial charge in [-0.2, -0.15) is 0 Å². The molecular weight excluding hydrogens is 254 g/mol. The summed E-state index contributed by atoms with van der Waals surface area (Å²) in [5.41, 5.74) is 1.07. The van der Waals surface area contributed by atoms with Crippen molar-refractivity contribution in [3.63, 3.8) is 0 Å². The summed E-state index contributed by atoms with van der Waals surface area (Å²) in [6.45, 7) is 3.38. The highest BCUT2D eigenvalue weighted by Crippen LogP contribution is 2.27. The fourth-order valence-corrected chi connectivity index (χ4v) is 2.46. The highest BCUT2D eigenvalue weighted by Gasteiger charge is 2.16. The minimum Gasteiger partial charge on any atom is -0.477 e. The van der Waals surface area contributed by atoms with E-state index in [9.17, 15) is 9.59 Å². The molecule has 2 aromatic heterocycles. The smallest absolute Gasteiger partial charge is 0.346 e. The van der Waals surface area contributed by atoms with E-state index in [2.05, 4.69) is 5.32 Å². The highest BCUT2D eigenvalue weighted by molar-refractivity contribution is 7.18. The van der Waals surface area contributed by atoms with Crippen LogP contribution in [0.2, 0.25) is 0 Å². The second kappa shape index (κ2) is 4.66. The number of carbonyl (C=O) groups is 2. The molecule has 5 nitrogen and oxygen atoms in total. The standard InChI is InChI=1S/C12H11NO4S/c1-6-5-9(18-10(6)12(15)16)13-11(14)8-3-4-17-7(8)2/h3-5H,1-2H3,(H,13,14)(H,15,16). The van der Waals surface area contributed by atoms with Crippen LogP contribution in [0.1, 0.15) is 31.4 Å². The van der Waals surface area contributed by atoms with E-state index in [0.717, 1.165) is 11.3 Å². The molecule has 0 aliphatic carbocycles. The molecule has 0 fully saturated rings. The van der Waals surface area contributed by atoms with Crippen LogP contribution in [0.15, 0.2) is 22.8 Å². The first-order valence-corrected chi connectivity index (χ1v) is 6.00. The molecule has 0 aliphatic rings. The maximum atomic E-state index is 11.9. The summed E-state index contributed by atoms with van der Waals surface area (Å²) in [5.74, 6) is -0.767. The number of amides is 1. The molecule has 0 aliphatic heterocycles. The van der Waals surface area contributed by atoms with Gasteiger partial charge < -0.3 is 14.8 Å². The number of carboxylic acid groups (broad SMARTS) is 1. The molecule has 1 amide bonds. The Morgan fingerprint density at radius 3 is 2.61 bits per heavy atom. The van der Waals surface area contributed by atoms with Gasteiger partial charge in [0.05, 0.1) is 16.8 Å². The predicted octanol–water partition coefficient (Wildman–Crippen LogP) is 2.91. The van der Waals surface area contributed by atoms with Crippen LogP contribution in [0.5, 0.6) is 0 Å². The molecule has 2 N–H and O–H groups in total. The van der Waals surface area contributed by atoms with Crippen LogP contribution in [0.4, 0.5) is 5.00 Å². The number of hydrogen-bond acceptors (Lipinski definition) is 4. The SMILES string of the molecule is Cc1cc(NC(=O)c2ccoc2C)sc1C(=O)O. The highest BCUT2D eigenvalue weighted by atomic mass is 32.1. The van der Waals surface area contributed by atoms with Gasteiger partial charge in [0.15, 0.2) is 0 Å². The Labute approximate surface area is 107 Å². The molecule has 94 valence electrons. The number of rotatable bonds is 3. The summed E-state index contributed by atoms with van der Waals surface area (Å²) in [4.78, 5) is 23.0. The van der Waals surface area contributed by atoms with Crippen molar-refractivity contribution in [1.29, 1.82) is 0 Å². The molecule has 0 saturated carbocycles. The molecule has 0 spiro atoms. The monoisotopic (exact) mass is 265 g/mol. The van der Waals surface area contributed by atoms with Crippen molar-refractivity contribution in [3.05, 3.63) is 40.2 Å². The van der Waals surface area contributed by atoms with Crippen molar-refractivity contribution in [2.45, 2.75) is 13.8 Å². The van der Waals surface area contributed by atoms with Crippen molar-refractivity contribution in [1.82, 2.24) is 0 Å². The van der Waals surface area contributed by atoms with Gasteiger partial charge >= 0.3 is 5.97 Å². The quantitative estimate of drug-likeness (QED) is 0.894. The van der Waals surface area contributed by atoms with Gasteiger partial charge in [0.2, 0.25) is 0 Å². The Kier molecular flexibility index (Phi) is 3.20. The van der Waals surface area contributed by atoms with Crippen molar-refractivity contribution < 1.29 is 19.1 Å². The van der Waals surface area contributed by atoms with E-state index in [-0.39, 0.29) is 10.8 Å². The Bertz CT molecular complexity index is 611. The fourth-order valence-electron chi connectivity index (χ4n) is 1.56. The molecule has 2 rings (SSSR count). The number of carbonyl (C=O) groups excluding carboxylic acids is 1. The first kappa shape index (κ1) is 12.4. The topological polar surface area (TPSA) is 79.5 Å². The Morgan fingerprint density at radius 1 is 1.39 bits per heavy atom. The van der Waals surface area contributed by atoms with Gasteiger partial charge in [-0.3, -0.25) is 4.79 Å². The number of carboxylic acids is 1. The fraction of sp³-hybridized carbons (Fsp3) is 0.167. The predicted molar refractivity (Wildman–Crippen MR) is 67.4 cm³/mol. The summed E-state index contributed by atoms with van der Waals surface area (Å²) in [6.07, 6.45) is 1.44. The molecule has 6 heteroatoms. The molecule has 2 heterocycles. The van der Waals surface area contributed by atoms with Gasteiger partial charge in [0.25, 0.3) is 5.91 Å². The van der Waals surface area contributed by atoms with E-state index in [1.165, 1.54) is 6.26 Å². The Balaban J connectivity index is 2.20. The maximum Gasteiger partial charge on any atom is 0.346 e. The van der Waals surface area contributed by atoms with E-state index < -0.39 is 5.97 Å². The number of furan rings is 1. The molecule has 0 atom stereocenters. The molecular formula is C12H11NO4S. The maximum absolute atomic E-state index is 11.9. The number of thiophene rings is 1. The molecule has 0 bridgehead atoms. The zero-order valence-electron chi connectivity index (χ0n) is 9.81. The van der Waals surface area contributed by atoms with Crippen molar-refractivity contribution in [2.75, 3.05) is 5.32 Å². The average Bonchev–Trinajstić information content (AvgIpc) is 2.84. The van der Waals surface area contributed by atoms with Gasteiger partial charge in [-0.1, -0.05) is 0 Å². The molecule has 0 aromatic carbocycles. The summed E-state index contributed by atoms with van der Waals surface area (Å²) in [5, 5.41) is 12.1. The van der Waals surface area contributed by atoms with Crippen molar-refractivity contribution in [2.24, 2.45) is 0 Å². The van der Waals surface area contributed by atoms with Crippen LogP contribution in [0.3, 0.4) is 0 Å². The largest absolute Gasteiger partial charge is 0.477 e. The molecule has 18 heavy (non-hydrogen) atoms. The second-order valence-corrected chi connectivity index (χ2v) is 4.82. The van der Waals surface area contributed by atoms with E-state index in [4.69, 9.17) is 9.52 Å². The first-order chi connectivity index (χ1) is 8.49. The second-order valence-electron chi connectivity index (χ2n) is 3.77. The van der Waals surface area contributed by atoms with Gasteiger partial charge in [0.1, 0.15) is 10.6 Å². The van der Waals surface area contributed by atoms with Crippen molar-refractivity contribution >= 4 is 28.2 Å². The molecule has 2 aromatic rings. The molecule has 0 saturated heterocycles. The lowest BCUT2D eigenvalue weighted by atomic mass is 10.2.